The second-order valence-corrected chi connectivity index (χ2v) is 10.3. The first-order valence-corrected chi connectivity index (χ1v) is 12.2. The number of carbonyl (C=O) groups excluding carboxylic acids is 1. The Labute approximate surface area is 189 Å². The summed E-state index contributed by atoms with van der Waals surface area (Å²) in [5.74, 6) is -0.0632. The van der Waals surface area contributed by atoms with Gasteiger partial charge in [0.2, 0.25) is 5.91 Å². The molecule has 31 heavy (non-hydrogen) atoms. The molecule has 178 valence electrons. The smallest absolute Gasteiger partial charge is 0.225 e. The molecule has 0 aromatic carbocycles. The van der Waals surface area contributed by atoms with E-state index < -0.39 is 17.9 Å². The van der Waals surface area contributed by atoms with Crippen LogP contribution in [0.2, 0.25) is 0 Å². The Bertz CT molecular complexity index is 656. The number of piperidine rings is 1. The third kappa shape index (κ3) is 6.00. The van der Waals surface area contributed by atoms with Gasteiger partial charge in [-0.2, -0.15) is 0 Å². The van der Waals surface area contributed by atoms with Crippen LogP contribution in [0.1, 0.15) is 80.6 Å². The van der Waals surface area contributed by atoms with Gasteiger partial charge in [-0.1, -0.05) is 58.4 Å². The van der Waals surface area contributed by atoms with Crippen molar-refractivity contribution in [3.8, 4) is 0 Å². The molecule has 2 rings (SSSR count). The molecular formula is C26H45NO4. The van der Waals surface area contributed by atoms with Crippen LogP contribution in [0.5, 0.6) is 0 Å². The van der Waals surface area contributed by atoms with E-state index in [4.69, 9.17) is 4.74 Å². The summed E-state index contributed by atoms with van der Waals surface area (Å²) < 4.78 is 6.60. The first-order chi connectivity index (χ1) is 14.5. The quantitative estimate of drug-likeness (QED) is 0.487. The van der Waals surface area contributed by atoms with E-state index in [2.05, 4.69) is 51.2 Å². The maximum Gasteiger partial charge on any atom is 0.225 e. The molecule has 2 fully saturated rings. The molecule has 0 bridgehead atoms. The minimum atomic E-state index is -0.866. The van der Waals surface area contributed by atoms with Crippen molar-refractivity contribution in [3.63, 3.8) is 0 Å². The van der Waals surface area contributed by atoms with Crippen molar-refractivity contribution < 1.29 is 19.7 Å². The van der Waals surface area contributed by atoms with Crippen molar-refractivity contribution in [1.82, 2.24) is 5.32 Å². The lowest BCUT2D eigenvalue weighted by atomic mass is 9.69. The van der Waals surface area contributed by atoms with E-state index >= 15 is 0 Å². The maximum atomic E-state index is 12.7. The van der Waals surface area contributed by atoms with Crippen LogP contribution < -0.4 is 5.32 Å². The summed E-state index contributed by atoms with van der Waals surface area (Å²) >= 11 is 0. The van der Waals surface area contributed by atoms with Gasteiger partial charge < -0.3 is 20.3 Å². The fraction of sp³-hybridized carbons (Fsp3) is 0.808. The highest BCUT2D eigenvalue weighted by Gasteiger charge is 2.57. The Balaban J connectivity index is 2.06. The SMILES string of the molecule is CC[C@H]1C[C@H](C)[C@@]2(NC1=O)O[C@@H](C[C@H](O)[C@@H](C)CC/C=C/C=C(C)C)[C@H](C)[C@H](O)[C@@H]2C. The van der Waals surface area contributed by atoms with Crippen LogP contribution in [-0.2, 0) is 9.53 Å². The van der Waals surface area contributed by atoms with E-state index in [1.54, 1.807) is 0 Å². The molecule has 2 aliphatic heterocycles. The third-order valence-electron chi connectivity index (χ3n) is 7.70. The van der Waals surface area contributed by atoms with E-state index in [-0.39, 0.29) is 41.6 Å². The Morgan fingerprint density at radius 1 is 1.32 bits per heavy atom. The van der Waals surface area contributed by atoms with Crippen molar-refractivity contribution in [2.24, 2.45) is 29.6 Å². The Morgan fingerprint density at radius 3 is 2.61 bits per heavy atom. The highest BCUT2D eigenvalue weighted by atomic mass is 16.5. The van der Waals surface area contributed by atoms with E-state index in [1.807, 2.05) is 20.8 Å². The molecule has 0 aromatic heterocycles. The summed E-state index contributed by atoms with van der Waals surface area (Å²) in [6.45, 7) is 14.3. The van der Waals surface area contributed by atoms with Crippen LogP contribution in [0.3, 0.4) is 0 Å². The van der Waals surface area contributed by atoms with Gasteiger partial charge in [0.05, 0.1) is 18.3 Å². The molecule has 1 amide bonds. The number of amides is 1. The predicted octanol–water partition coefficient (Wildman–Crippen LogP) is 4.59. The number of aliphatic hydroxyl groups excluding tert-OH is 2. The summed E-state index contributed by atoms with van der Waals surface area (Å²) in [5, 5.41) is 25.1. The summed E-state index contributed by atoms with van der Waals surface area (Å²) in [6, 6.07) is 0. The average molecular weight is 436 g/mol. The summed E-state index contributed by atoms with van der Waals surface area (Å²) in [5.41, 5.74) is 0.402. The number of carbonyl (C=O) groups is 1. The Hall–Kier alpha value is -1.17. The molecule has 2 heterocycles. The zero-order valence-corrected chi connectivity index (χ0v) is 20.6. The van der Waals surface area contributed by atoms with Crippen LogP contribution in [0.25, 0.3) is 0 Å². The molecule has 0 aliphatic carbocycles. The number of aliphatic hydroxyl groups is 2. The number of hydrogen-bond acceptors (Lipinski definition) is 4. The molecular weight excluding hydrogens is 390 g/mol. The number of hydrogen-bond donors (Lipinski definition) is 3. The second kappa shape index (κ2) is 11.1. The first kappa shape index (κ1) is 26.1. The molecule has 0 radical (unpaired) electrons. The van der Waals surface area contributed by atoms with Crippen LogP contribution in [0, 0.1) is 29.6 Å². The van der Waals surface area contributed by atoms with Gasteiger partial charge in [-0.05, 0) is 45.4 Å². The average Bonchev–Trinajstić information content (AvgIpc) is 2.72. The highest BCUT2D eigenvalue weighted by Crippen LogP contribution is 2.46. The maximum absolute atomic E-state index is 12.7. The highest BCUT2D eigenvalue weighted by molar-refractivity contribution is 5.80. The van der Waals surface area contributed by atoms with Crippen molar-refractivity contribution in [2.45, 2.75) is 105 Å². The lowest BCUT2D eigenvalue weighted by Gasteiger charge is -2.56. The van der Waals surface area contributed by atoms with Crippen molar-refractivity contribution in [1.29, 1.82) is 0 Å². The molecule has 0 unspecified atom stereocenters. The fourth-order valence-corrected chi connectivity index (χ4v) is 5.22. The van der Waals surface area contributed by atoms with Gasteiger partial charge in [-0.15, -0.1) is 0 Å². The van der Waals surface area contributed by atoms with Gasteiger partial charge in [0.1, 0.15) is 5.72 Å². The van der Waals surface area contributed by atoms with Crippen molar-refractivity contribution >= 4 is 5.91 Å². The van der Waals surface area contributed by atoms with E-state index in [0.717, 1.165) is 25.7 Å². The van der Waals surface area contributed by atoms with E-state index in [9.17, 15) is 15.0 Å². The van der Waals surface area contributed by atoms with E-state index in [1.165, 1.54) is 5.57 Å². The van der Waals surface area contributed by atoms with Crippen molar-refractivity contribution in [3.05, 3.63) is 23.8 Å². The van der Waals surface area contributed by atoms with Crippen LogP contribution >= 0.6 is 0 Å². The molecule has 9 atom stereocenters. The zero-order valence-electron chi connectivity index (χ0n) is 20.6. The van der Waals surface area contributed by atoms with Gasteiger partial charge in [0.15, 0.2) is 0 Å². The fourth-order valence-electron chi connectivity index (χ4n) is 5.22. The monoisotopic (exact) mass is 435 g/mol. The van der Waals surface area contributed by atoms with Gasteiger partial charge in [0.25, 0.3) is 0 Å². The van der Waals surface area contributed by atoms with Gasteiger partial charge >= 0.3 is 0 Å². The van der Waals surface area contributed by atoms with Gasteiger partial charge in [-0.25, -0.2) is 0 Å². The zero-order chi connectivity index (χ0) is 23.3. The molecule has 2 saturated heterocycles. The topological polar surface area (TPSA) is 78.8 Å². The van der Waals surface area contributed by atoms with Crippen LogP contribution in [0.15, 0.2) is 23.8 Å². The molecule has 5 nitrogen and oxygen atoms in total. The minimum Gasteiger partial charge on any atom is -0.393 e. The largest absolute Gasteiger partial charge is 0.393 e. The predicted molar refractivity (Wildman–Crippen MR) is 125 cm³/mol. The Kier molecular flexibility index (Phi) is 9.35. The number of allylic oxidation sites excluding steroid dienone is 4. The van der Waals surface area contributed by atoms with Crippen molar-refractivity contribution in [2.75, 3.05) is 0 Å². The molecule has 3 N–H and O–H groups in total. The van der Waals surface area contributed by atoms with Crippen LogP contribution in [0.4, 0.5) is 0 Å². The standard InChI is InChI=1S/C26H45NO4/c1-8-21-14-18(5)26(27-25(21)30)20(7)24(29)19(6)23(31-26)15-22(28)17(4)13-11-9-10-12-16(2)3/h9-10,12,17-24,28-29H,8,11,13-15H2,1-7H3,(H,27,30)/b10-9+/t17-,18-,19-,20-,21-,22-,23-,24-,26+/m0/s1. The van der Waals surface area contributed by atoms with Gasteiger partial charge in [-0.3, -0.25) is 4.79 Å². The molecule has 0 aromatic rings. The minimum absolute atomic E-state index is 0.00336. The van der Waals surface area contributed by atoms with Crippen LogP contribution in [-0.4, -0.2) is 40.2 Å². The summed E-state index contributed by atoms with van der Waals surface area (Å²) in [4.78, 5) is 12.7. The lowest BCUT2D eigenvalue weighted by Crippen LogP contribution is -2.71. The number of rotatable bonds is 8. The molecule has 0 saturated carbocycles. The second-order valence-electron chi connectivity index (χ2n) is 10.3. The Morgan fingerprint density at radius 2 is 2.00 bits per heavy atom. The van der Waals surface area contributed by atoms with E-state index in [0.29, 0.717) is 6.42 Å². The molecule has 2 aliphatic rings. The normalized spacial score (nSPS) is 38.2. The molecule has 1 spiro atoms. The summed E-state index contributed by atoms with van der Waals surface area (Å²) in [6.07, 6.45) is 8.73. The van der Waals surface area contributed by atoms with Gasteiger partial charge in [0, 0.05) is 30.1 Å². The summed E-state index contributed by atoms with van der Waals surface area (Å²) in [7, 11) is 0. The number of ether oxygens (including phenoxy) is 1. The first-order valence-electron chi connectivity index (χ1n) is 12.2. The lowest BCUT2D eigenvalue weighted by molar-refractivity contribution is -0.267. The molecule has 5 heteroatoms. The number of nitrogens with one attached hydrogen (secondary N) is 1. The third-order valence-corrected chi connectivity index (χ3v) is 7.70.